The minimum atomic E-state index is -0.259. The zero-order valence-electron chi connectivity index (χ0n) is 12.8. The maximum absolute atomic E-state index is 10.4. The van der Waals surface area contributed by atoms with Crippen LogP contribution in [0.25, 0.3) is 0 Å². The predicted molar refractivity (Wildman–Crippen MR) is 85.9 cm³/mol. The van der Waals surface area contributed by atoms with E-state index in [4.69, 9.17) is 4.74 Å². The molecule has 1 aromatic rings. The molecule has 0 spiro atoms. The molecule has 0 bridgehead atoms. The van der Waals surface area contributed by atoms with Gasteiger partial charge in [-0.15, -0.1) is 11.3 Å². The Morgan fingerprint density at radius 1 is 1.29 bits per heavy atom. The lowest BCUT2D eigenvalue weighted by atomic mass is 10.1. The van der Waals surface area contributed by atoms with Gasteiger partial charge in [-0.2, -0.15) is 0 Å². The first-order valence-electron chi connectivity index (χ1n) is 8.01. The number of nitrogens with zero attached hydrogens (tertiary/aromatic N) is 2. The van der Waals surface area contributed by atoms with Gasteiger partial charge in [0.2, 0.25) is 0 Å². The fraction of sp³-hybridized carbons (Fsp3) is 0.750. The first-order chi connectivity index (χ1) is 10.2. The number of aryl methyl sites for hydroxylation is 1. The van der Waals surface area contributed by atoms with Gasteiger partial charge in [0.1, 0.15) is 0 Å². The molecule has 0 saturated carbocycles. The SMILES string of the molecule is Cc1ccc(C2CCCN2CC(O)CN2CCOCC2)s1. The molecule has 21 heavy (non-hydrogen) atoms. The minimum Gasteiger partial charge on any atom is -0.390 e. The number of thiophene rings is 1. The summed E-state index contributed by atoms with van der Waals surface area (Å²) in [4.78, 5) is 7.62. The molecule has 1 aromatic heterocycles. The summed E-state index contributed by atoms with van der Waals surface area (Å²) in [6.07, 6.45) is 2.21. The number of β-amino-alcohol motifs (C(OH)–C–C–N with tert-alkyl or cyclic N) is 1. The van der Waals surface area contributed by atoms with Gasteiger partial charge in [0.15, 0.2) is 0 Å². The molecule has 2 saturated heterocycles. The van der Waals surface area contributed by atoms with Crippen LogP contribution in [-0.2, 0) is 4.74 Å². The predicted octanol–water partition coefficient (Wildman–Crippen LogP) is 1.89. The Balaban J connectivity index is 1.53. The molecule has 2 aliphatic rings. The van der Waals surface area contributed by atoms with Crippen molar-refractivity contribution in [2.24, 2.45) is 0 Å². The molecule has 1 N–H and O–H groups in total. The van der Waals surface area contributed by atoms with Crippen LogP contribution in [0.3, 0.4) is 0 Å². The van der Waals surface area contributed by atoms with Crippen molar-refractivity contribution in [2.45, 2.75) is 31.9 Å². The Hall–Kier alpha value is -0.460. The van der Waals surface area contributed by atoms with Crippen molar-refractivity contribution in [2.75, 3.05) is 45.9 Å². The molecular weight excluding hydrogens is 284 g/mol. The van der Waals surface area contributed by atoms with E-state index in [2.05, 4.69) is 28.9 Å². The van der Waals surface area contributed by atoms with Gasteiger partial charge >= 0.3 is 0 Å². The van der Waals surface area contributed by atoms with E-state index in [1.165, 1.54) is 22.6 Å². The van der Waals surface area contributed by atoms with Gasteiger partial charge in [-0.1, -0.05) is 0 Å². The number of aliphatic hydroxyl groups excluding tert-OH is 1. The number of morpholine rings is 1. The Morgan fingerprint density at radius 2 is 2.10 bits per heavy atom. The second-order valence-electron chi connectivity index (χ2n) is 6.17. The second-order valence-corrected chi connectivity index (χ2v) is 7.49. The lowest BCUT2D eigenvalue weighted by Gasteiger charge is -2.31. The van der Waals surface area contributed by atoms with E-state index in [0.29, 0.717) is 6.04 Å². The van der Waals surface area contributed by atoms with E-state index in [1.54, 1.807) is 0 Å². The van der Waals surface area contributed by atoms with Crippen LogP contribution >= 0.6 is 11.3 Å². The molecule has 2 fully saturated rings. The minimum absolute atomic E-state index is 0.259. The van der Waals surface area contributed by atoms with E-state index < -0.39 is 0 Å². The van der Waals surface area contributed by atoms with Gasteiger partial charge in [0.25, 0.3) is 0 Å². The molecule has 0 aromatic carbocycles. The highest BCUT2D eigenvalue weighted by atomic mass is 32.1. The summed E-state index contributed by atoms with van der Waals surface area (Å²) < 4.78 is 5.36. The topological polar surface area (TPSA) is 35.9 Å². The third-order valence-electron chi connectivity index (χ3n) is 4.47. The summed E-state index contributed by atoms with van der Waals surface area (Å²) in [7, 11) is 0. The highest BCUT2D eigenvalue weighted by Crippen LogP contribution is 2.35. The maximum atomic E-state index is 10.4. The number of likely N-dealkylation sites (tertiary alicyclic amines) is 1. The Kier molecular flexibility index (Phi) is 5.29. The Labute approximate surface area is 131 Å². The lowest BCUT2D eigenvalue weighted by Crippen LogP contribution is -2.44. The van der Waals surface area contributed by atoms with Crippen LogP contribution in [0.1, 0.15) is 28.6 Å². The third kappa shape index (κ3) is 4.05. The van der Waals surface area contributed by atoms with Gasteiger partial charge < -0.3 is 9.84 Å². The molecule has 3 heterocycles. The molecule has 2 aliphatic heterocycles. The van der Waals surface area contributed by atoms with Gasteiger partial charge in [-0.3, -0.25) is 9.80 Å². The summed E-state index contributed by atoms with van der Waals surface area (Å²) in [5, 5.41) is 10.4. The molecule has 0 radical (unpaired) electrons. The normalized spacial score (nSPS) is 26.3. The standard InChI is InChI=1S/C16H26N2O2S/c1-13-4-5-16(21-13)15-3-2-6-18(15)12-14(19)11-17-7-9-20-10-8-17/h4-5,14-15,19H,2-3,6-12H2,1H3. The summed E-state index contributed by atoms with van der Waals surface area (Å²) in [5.74, 6) is 0. The molecular formula is C16H26N2O2S. The summed E-state index contributed by atoms with van der Waals surface area (Å²) in [6.45, 7) is 8.34. The third-order valence-corrected chi connectivity index (χ3v) is 5.57. The average Bonchev–Trinajstić information content (AvgIpc) is 3.08. The Morgan fingerprint density at radius 3 is 2.81 bits per heavy atom. The monoisotopic (exact) mass is 310 g/mol. The number of ether oxygens (including phenoxy) is 1. The van der Waals surface area contributed by atoms with E-state index >= 15 is 0 Å². The highest BCUT2D eigenvalue weighted by molar-refractivity contribution is 7.12. The second kappa shape index (κ2) is 7.20. The van der Waals surface area contributed by atoms with Gasteiger partial charge in [0.05, 0.1) is 19.3 Å². The van der Waals surface area contributed by atoms with Crippen LogP contribution in [0.5, 0.6) is 0 Å². The van der Waals surface area contributed by atoms with E-state index in [9.17, 15) is 5.11 Å². The molecule has 118 valence electrons. The van der Waals surface area contributed by atoms with Crippen LogP contribution in [-0.4, -0.2) is 66.9 Å². The molecule has 2 unspecified atom stereocenters. The zero-order chi connectivity index (χ0) is 14.7. The van der Waals surface area contributed by atoms with E-state index in [0.717, 1.165) is 45.9 Å². The molecule has 4 nitrogen and oxygen atoms in total. The van der Waals surface area contributed by atoms with Gasteiger partial charge in [-0.05, 0) is 38.4 Å². The van der Waals surface area contributed by atoms with Crippen LogP contribution in [0.2, 0.25) is 0 Å². The average molecular weight is 310 g/mol. The van der Waals surface area contributed by atoms with Crippen LogP contribution in [0, 0.1) is 6.92 Å². The molecule has 0 aliphatic carbocycles. The van der Waals surface area contributed by atoms with Gasteiger partial charge in [0, 0.05) is 42.0 Å². The van der Waals surface area contributed by atoms with Gasteiger partial charge in [-0.25, -0.2) is 0 Å². The summed E-state index contributed by atoms with van der Waals surface area (Å²) in [5.41, 5.74) is 0. The lowest BCUT2D eigenvalue weighted by molar-refractivity contribution is 0.00594. The molecule has 5 heteroatoms. The van der Waals surface area contributed by atoms with Crippen LogP contribution < -0.4 is 0 Å². The first-order valence-corrected chi connectivity index (χ1v) is 8.82. The van der Waals surface area contributed by atoms with Crippen LogP contribution in [0.4, 0.5) is 0 Å². The number of rotatable bonds is 5. The van der Waals surface area contributed by atoms with Crippen molar-refractivity contribution in [3.05, 3.63) is 21.9 Å². The van der Waals surface area contributed by atoms with E-state index in [-0.39, 0.29) is 6.10 Å². The molecule has 0 amide bonds. The van der Waals surface area contributed by atoms with Crippen molar-refractivity contribution in [3.8, 4) is 0 Å². The van der Waals surface area contributed by atoms with Crippen molar-refractivity contribution < 1.29 is 9.84 Å². The van der Waals surface area contributed by atoms with Crippen LogP contribution in [0.15, 0.2) is 12.1 Å². The van der Waals surface area contributed by atoms with Crippen molar-refractivity contribution >= 4 is 11.3 Å². The summed E-state index contributed by atoms with van der Waals surface area (Å²) >= 11 is 1.90. The van der Waals surface area contributed by atoms with Crippen molar-refractivity contribution in [1.29, 1.82) is 0 Å². The molecule has 3 rings (SSSR count). The number of hydrogen-bond acceptors (Lipinski definition) is 5. The first kappa shape index (κ1) is 15.4. The zero-order valence-corrected chi connectivity index (χ0v) is 13.6. The smallest absolute Gasteiger partial charge is 0.0794 e. The largest absolute Gasteiger partial charge is 0.390 e. The fourth-order valence-corrected chi connectivity index (χ4v) is 4.46. The number of hydrogen-bond donors (Lipinski definition) is 1. The fourth-order valence-electron chi connectivity index (χ4n) is 3.41. The van der Waals surface area contributed by atoms with Crippen molar-refractivity contribution in [3.63, 3.8) is 0 Å². The quantitative estimate of drug-likeness (QED) is 0.901. The summed E-state index contributed by atoms with van der Waals surface area (Å²) in [6, 6.07) is 4.99. The molecule has 2 atom stereocenters. The highest BCUT2D eigenvalue weighted by Gasteiger charge is 2.29. The number of aliphatic hydroxyl groups is 1. The van der Waals surface area contributed by atoms with E-state index in [1.807, 2.05) is 11.3 Å². The maximum Gasteiger partial charge on any atom is 0.0794 e. The van der Waals surface area contributed by atoms with Crippen molar-refractivity contribution in [1.82, 2.24) is 9.80 Å². The Bertz CT molecular complexity index is 445.